The second-order valence-electron chi connectivity index (χ2n) is 3.23. The summed E-state index contributed by atoms with van der Waals surface area (Å²) in [7, 11) is 0. The average molecular weight is 215 g/mol. The van der Waals surface area contributed by atoms with E-state index in [9.17, 15) is 4.39 Å². The summed E-state index contributed by atoms with van der Waals surface area (Å²) in [4.78, 5) is 4.00. The number of aromatic nitrogens is 5. The first kappa shape index (κ1) is 8.90. The first-order valence-corrected chi connectivity index (χ1v) is 4.63. The van der Waals surface area contributed by atoms with E-state index < -0.39 is 0 Å². The number of rotatable bonds is 1. The SMILES string of the molecule is Fc1ccc(-c2ccnc3nnnn23)cc1. The van der Waals surface area contributed by atoms with Crippen LogP contribution in [0.1, 0.15) is 0 Å². The van der Waals surface area contributed by atoms with Gasteiger partial charge in [-0.3, -0.25) is 0 Å². The highest BCUT2D eigenvalue weighted by molar-refractivity contribution is 5.60. The summed E-state index contributed by atoms with van der Waals surface area (Å²) in [5.74, 6) is 0.146. The normalized spacial score (nSPS) is 10.8. The average Bonchev–Trinajstić information content (AvgIpc) is 2.78. The van der Waals surface area contributed by atoms with Gasteiger partial charge >= 0.3 is 0 Å². The number of hydrogen-bond acceptors (Lipinski definition) is 4. The molecule has 0 aliphatic heterocycles. The van der Waals surface area contributed by atoms with Crippen molar-refractivity contribution in [2.75, 3.05) is 0 Å². The lowest BCUT2D eigenvalue weighted by Gasteiger charge is -2.01. The monoisotopic (exact) mass is 215 g/mol. The summed E-state index contributed by atoms with van der Waals surface area (Å²) in [6.45, 7) is 0. The molecular formula is C10H6FN5. The maximum atomic E-state index is 12.8. The Morgan fingerprint density at radius 1 is 1.06 bits per heavy atom. The van der Waals surface area contributed by atoms with Crippen LogP contribution in [0.3, 0.4) is 0 Å². The molecule has 3 rings (SSSR count). The molecule has 0 N–H and O–H groups in total. The summed E-state index contributed by atoms with van der Waals surface area (Å²) >= 11 is 0. The van der Waals surface area contributed by atoms with Crippen molar-refractivity contribution in [3.63, 3.8) is 0 Å². The van der Waals surface area contributed by atoms with Crippen LogP contribution in [0.4, 0.5) is 4.39 Å². The lowest BCUT2D eigenvalue weighted by molar-refractivity contribution is 0.628. The number of halogens is 1. The molecule has 0 aliphatic carbocycles. The molecule has 5 nitrogen and oxygen atoms in total. The minimum atomic E-state index is -0.272. The molecule has 0 amide bonds. The Kier molecular flexibility index (Phi) is 1.86. The molecule has 0 saturated heterocycles. The molecule has 0 unspecified atom stereocenters. The Hall–Kier alpha value is -2.37. The molecule has 78 valence electrons. The number of tetrazole rings is 1. The smallest absolute Gasteiger partial charge is 0.218 e. The van der Waals surface area contributed by atoms with Crippen molar-refractivity contribution in [1.82, 2.24) is 25.0 Å². The van der Waals surface area contributed by atoms with E-state index in [1.807, 2.05) is 0 Å². The molecule has 0 atom stereocenters. The minimum absolute atomic E-state index is 0.272. The van der Waals surface area contributed by atoms with Gasteiger partial charge in [0.2, 0.25) is 0 Å². The number of benzene rings is 1. The maximum Gasteiger partial charge on any atom is 0.273 e. The lowest BCUT2D eigenvalue weighted by atomic mass is 10.1. The predicted molar refractivity (Wildman–Crippen MR) is 54.0 cm³/mol. The molecule has 0 fully saturated rings. The van der Waals surface area contributed by atoms with Crippen LogP contribution in [-0.2, 0) is 0 Å². The van der Waals surface area contributed by atoms with Crippen molar-refractivity contribution in [3.8, 4) is 11.3 Å². The fourth-order valence-electron chi connectivity index (χ4n) is 1.50. The zero-order valence-electron chi connectivity index (χ0n) is 8.08. The fraction of sp³-hybridized carbons (Fsp3) is 0. The number of nitrogens with zero attached hydrogens (tertiary/aromatic N) is 5. The standard InChI is InChI=1S/C10H6FN5/c11-8-3-1-7(2-4-8)9-5-6-12-10-13-14-15-16(9)10/h1-6H. The molecule has 6 heteroatoms. The van der Waals surface area contributed by atoms with Crippen LogP contribution < -0.4 is 0 Å². The van der Waals surface area contributed by atoms with Crippen LogP contribution in [0.15, 0.2) is 36.5 Å². The van der Waals surface area contributed by atoms with Crippen LogP contribution >= 0.6 is 0 Å². The number of hydrogen-bond donors (Lipinski definition) is 0. The molecule has 0 spiro atoms. The van der Waals surface area contributed by atoms with E-state index in [1.54, 1.807) is 24.4 Å². The van der Waals surface area contributed by atoms with Crippen molar-refractivity contribution in [1.29, 1.82) is 0 Å². The Morgan fingerprint density at radius 3 is 2.69 bits per heavy atom. The van der Waals surface area contributed by atoms with Crippen LogP contribution in [0.5, 0.6) is 0 Å². The highest BCUT2D eigenvalue weighted by Crippen LogP contribution is 2.18. The van der Waals surface area contributed by atoms with Gasteiger partial charge in [0.05, 0.1) is 5.69 Å². The van der Waals surface area contributed by atoms with Crippen LogP contribution in [0.25, 0.3) is 17.0 Å². The van der Waals surface area contributed by atoms with Crippen molar-refractivity contribution in [2.45, 2.75) is 0 Å². The van der Waals surface area contributed by atoms with Crippen molar-refractivity contribution >= 4 is 5.78 Å². The van der Waals surface area contributed by atoms with Crippen LogP contribution in [0.2, 0.25) is 0 Å². The van der Waals surface area contributed by atoms with Gasteiger partial charge in [-0.05, 0) is 40.8 Å². The fourth-order valence-corrected chi connectivity index (χ4v) is 1.50. The zero-order chi connectivity index (χ0) is 11.0. The van der Waals surface area contributed by atoms with E-state index in [0.717, 1.165) is 11.3 Å². The van der Waals surface area contributed by atoms with Crippen molar-refractivity contribution in [3.05, 3.63) is 42.3 Å². The van der Waals surface area contributed by atoms with Gasteiger partial charge in [0.25, 0.3) is 5.78 Å². The van der Waals surface area contributed by atoms with E-state index in [2.05, 4.69) is 20.5 Å². The topological polar surface area (TPSA) is 56.0 Å². The summed E-state index contributed by atoms with van der Waals surface area (Å²) in [6, 6.07) is 7.91. The van der Waals surface area contributed by atoms with Crippen LogP contribution in [-0.4, -0.2) is 25.0 Å². The van der Waals surface area contributed by atoms with E-state index in [-0.39, 0.29) is 5.82 Å². The zero-order valence-corrected chi connectivity index (χ0v) is 8.08. The first-order valence-electron chi connectivity index (χ1n) is 4.63. The molecule has 2 heterocycles. The molecular weight excluding hydrogens is 209 g/mol. The Morgan fingerprint density at radius 2 is 1.88 bits per heavy atom. The molecule has 0 bridgehead atoms. The maximum absolute atomic E-state index is 12.8. The van der Waals surface area contributed by atoms with Crippen molar-refractivity contribution < 1.29 is 4.39 Å². The molecule has 0 radical (unpaired) electrons. The van der Waals surface area contributed by atoms with Gasteiger partial charge in [0.15, 0.2) is 0 Å². The summed E-state index contributed by atoms with van der Waals surface area (Å²) in [5.41, 5.74) is 1.61. The van der Waals surface area contributed by atoms with Crippen LogP contribution in [0, 0.1) is 5.82 Å². The summed E-state index contributed by atoms with van der Waals surface area (Å²) < 4.78 is 14.3. The molecule has 0 aliphatic rings. The Bertz CT molecular complexity index is 631. The second-order valence-corrected chi connectivity index (χ2v) is 3.23. The molecule has 2 aromatic heterocycles. The lowest BCUT2D eigenvalue weighted by Crippen LogP contribution is -1.95. The molecule has 0 saturated carbocycles. The van der Waals surface area contributed by atoms with E-state index in [4.69, 9.17) is 0 Å². The summed E-state index contributed by atoms with van der Waals surface area (Å²) in [5, 5.41) is 11.1. The third kappa shape index (κ3) is 1.31. The van der Waals surface area contributed by atoms with Crippen molar-refractivity contribution in [2.24, 2.45) is 0 Å². The largest absolute Gasteiger partial charge is 0.273 e. The van der Waals surface area contributed by atoms with E-state index in [1.165, 1.54) is 16.6 Å². The summed E-state index contributed by atoms with van der Waals surface area (Å²) in [6.07, 6.45) is 1.62. The Balaban J connectivity index is 2.25. The molecule has 1 aromatic carbocycles. The van der Waals surface area contributed by atoms with Gasteiger partial charge in [-0.1, -0.05) is 5.10 Å². The highest BCUT2D eigenvalue weighted by Gasteiger charge is 2.06. The first-order chi connectivity index (χ1) is 7.84. The third-order valence-electron chi connectivity index (χ3n) is 2.24. The molecule has 16 heavy (non-hydrogen) atoms. The quantitative estimate of drug-likeness (QED) is 0.614. The molecule has 3 aromatic rings. The predicted octanol–water partition coefficient (Wildman–Crippen LogP) is 1.33. The number of fused-ring (bicyclic) bond motifs is 1. The Labute approximate surface area is 89.6 Å². The van der Waals surface area contributed by atoms with Gasteiger partial charge < -0.3 is 0 Å². The second kappa shape index (κ2) is 3.34. The van der Waals surface area contributed by atoms with Gasteiger partial charge in [0, 0.05) is 11.8 Å². The van der Waals surface area contributed by atoms with Gasteiger partial charge in [-0.2, -0.15) is 4.52 Å². The minimum Gasteiger partial charge on any atom is -0.218 e. The van der Waals surface area contributed by atoms with E-state index >= 15 is 0 Å². The third-order valence-corrected chi connectivity index (χ3v) is 2.24. The van der Waals surface area contributed by atoms with Gasteiger partial charge in [0.1, 0.15) is 5.82 Å². The highest BCUT2D eigenvalue weighted by atomic mass is 19.1. The van der Waals surface area contributed by atoms with Gasteiger partial charge in [-0.15, -0.1) is 0 Å². The van der Waals surface area contributed by atoms with Gasteiger partial charge in [-0.25, -0.2) is 9.37 Å². The van der Waals surface area contributed by atoms with E-state index in [0.29, 0.717) is 5.78 Å².